The molecular weight excluding hydrogens is 435 g/mol. The molecule has 0 spiro atoms. The van der Waals surface area contributed by atoms with E-state index in [1.54, 1.807) is 7.41 Å². The van der Waals surface area contributed by atoms with Crippen molar-refractivity contribution in [2.45, 2.75) is 6.92 Å². The van der Waals surface area contributed by atoms with E-state index in [-0.39, 0.29) is 5.91 Å². The number of nitrogens with one attached hydrogen (secondary N) is 1. The second-order valence-electron chi connectivity index (χ2n) is 8.11. The van der Waals surface area contributed by atoms with Crippen molar-refractivity contribution in [2.75, 3.05) is 5.32 Å². The maximum atomic E-state index is 11.6. The minimum Gasteiger partial charge on any atom is -0.439 e. The zero-order valence-corrected chi connectivity index (χ0v) is 19.2. The fraction of sp³-hybridized carbons (Fsp3) is 0.0357. The van der Waals surface area contributed by atoms with Gasteiger partial charge in [-0.05, 0) is 71.0 Å². The summed E-state index contributed by atoms with van der Waals surface area (Å²) in [6.45, 7) is 5.42. The van der Waals surface area contributed by atoms with Gasteiger partial charge >= 0.3 is 7.41 Å². The summed E-state index contributed by atoms with van der Waals surface area (Å²) >= 11 is 0. The highest BCUT2D eigenvalue weighted by molar-refractivity contribution is 6.60. The summed E-state index contributed by atoms with van der Waals surface area (Å²) < 4.78 is 5.93. The van der Waals surface area contributed by atoms with Crippen molar-refractivity contribution >= 4 is 30.3 Å². The topological polar surface area (TPSA) is 89.6 Å². The standard InChI is InChI=1S/C28H22BN4O2/c1-3-24(34)32-20-11-7-18(8-12-20)22-15-16-23-27(28(30)33-29-23)26(22)19-9-13-21(14-10-19)35-25-6-4-5-17(2)31-25/h3-16H,1H2,2H3,(H2,30,33)(H,32,34). The maximum absolute atomic E-state index is 11.6. The van der Waals surface area contributed by atoms with Crippen LogP contribution in [0.1, 0.15) is 11.3 Å². The van der Waals surface area contributed by atoms with Crippen molar-refractivity contribution in [3.63, 3.8) is 0 Å². The second-order valence-corrected chi connectivity index (χ2v) is 8.11. The first-order valence-electron chi connectivity index (χ1n) is 11.1. The molecule has 5 rings (SSSR count). The van der Waals surface area contributed by atoms with Crippen LogP contribution in [-0.2, 0) is 4.79 Å². The van der Waals surface area contributed by atoms with Crippen LogP contribution in [0.2, 0.25) is 0 Å². The van der Waals surface area contributed by atoms with Crippen molar-refractivity contribution in [3.8, 4) is 33.9 Å². The monoisotopic (exact) mass is 457 g/mol. The van der Waals surface area contributed by atoms with Gasteiger partial charge in [0.15, 0.2) is 0 Å². The molecule has 0 saturated heterocycles. The van der Waals surface area contributed by atoms with Crippen LogP contribution in [0.4, 0.5) is 5.69 Å². The van der Waals surface area contributed by atoms with Gasteiger partial charge in [0.1, 0.15) is 11.6 Å². The maximum Gasteiger partial charge on any atom is 0.315 e. The van der Waals surface area contributed by atoms with Gasteiger partial charge in [0, 0.05) is 23.0 Å². The summed E-state index contributed by atoms with van der Waals surface area (Å²) in [7, 11) is 1.78. The average molecular weight is 457 g/mol. The number of fused-ring (bicyclic) bond motifs is 1. The third-order valence-corrected chi connectivity index (χ3v) is 5.71. The van der Waals surface area contributed by atoms with Crippen LogP contribution in [0.5, 0.6) is 11.6 Å². The molecule has 0 unspecified atom stereocenters. The van der Waals surface area contributed by atoms with Gasteiger partial charge in [-0.25, -0.2) is 4.98 Å². The molecule has 6 nitrogen and oxygen atoms in total. The van der Waals surface area contributed by atoms with Crippen LogP contribution in [0, 0.1) is 6.92 Å². The predicted octanol–water partition coefficient (Wildman–Crippen LogP) is 4.60. The van der Waals surface area contributed by atoms with E-state index >= 15 is 0 Å². The molecule has 0 fully saturated rings. The third-order valence-electron chi connectivity index (χ3n) is 5.71. The molecule has 7 heteroatoms. The Balaban J connectivity index is 1.53. The summed E-state index contributed by atoms with van der Waals surface area (Å²) in [6.07, 6.45) is 1.24. The first-order chi connectivity index (χ1) is 17.0. The van der Waals surface area contributed by atoms with Crippen LogP contribution in [0.25, 0.3) is 22.3 Å². The number of amidine groups is 1. The minimum atomic E-state index is -0.251. The number of benzene rings is 3. The number of ether oxygens (including phenoxy) is 1. The summed E-state index contributed by atoms with van der Waals surface area (Å²) in [5.41, 5.74) is 13.7. The SMILES string of the molecule is C=CC(=O)Nc1ccc(-c2ccc3c(c2-c2ccc(Oc4cccc(C)n4)cc2)C(N)=N[B]3)cc1. The molecule has 35 heavy (non-hydrogen) atoms. The molecule has 2 heterocycles. The average Bonchev–Trinajstić information content (AvgIpc) is 3.25. The fourth-order valence-corrected chi connectivity index (χ4v) is 4.06. The Labute approximate surface area is 204 Å². The first kappa shape index (κ1) is 22.2. The number of hydrogen-bond acceptors (Lipinski definition) is 5. The zero-order valence-electron chi connectivity index (χ0n) is 19.2. The molecule has 3 N–H and O–H groups in total. The highest BCUT2D eigenvalue weighted by atomic mass is 16.5. The van der Waals surface area contributed by atoms with Gasteiger partial charge in [-0.1, -0.05) is 49.0 Å². The molecule has 1 aromatic heterocycles. The van der Waals surface area contributed by atoms with Gasteiger partial charge < -0.3 is 20.7 Å². The molecule has 4 aromatic rings. The highest BCUT2D eigenvalue weighted by Crippen LogP contribution is 2.36. The lowest BCUT2D eigenvalue weighted by Gasteiger charge is -2.17. The van der Waals surface area contributed by atoms with E-state index in [0.717, 1.165) is 39.0 Å². The number of amides is 1. The van der Waals surface area contributed by atoms with Crippen molar-refractivity contribution in [1.82, 2.24) is 4.98 Å². The lowest BCUT2D eigenvalue weighted by Crippen LogP contribution is -2.19. The quantitative estimate of drug-likeness (QED) is 0.327. The Kier molecular flexibility index (Phi) is 5.89. The smallest absolute Gasteiger partial charge is 0.315 e. The van der Waals surface area contributed by atoms with Crippen molar-refractivity contribution in [3.05, 3.63) is 103 Å². The Bertz CT molecular complexity index is 1460. The third kappa shape index (κ3) is 4.57. The number of carbonyl (C=O) groups is 1. The second kappa shape index (κ2) is 9.31. The molecule has 1 amide bonds. The van der Waals surface area contributed by atoms with Crippen molar-refractivity contribution in [2.24, 2.45) is 10.6 Å². The largest absolute Gasteiger partial charge is 0.439 e. The number of pyridine rings is 1. The van der Waals surface area contributed by atoms with E-state index in [4.69, 9.17) is 10.5 Å². The van der Waals surface area contributed by atoms with E-state index in [1.807, 2.05) is 79.7 Å². The molecule has 0 bridgehead atoms. The molecule has 0 aliphatic carbocycles. The van der Waals surface area contributed by atoms with Gasteiger partial charge in [0.2, 0.25) is 11.8 Å². The van der Waals surface area contributed by atoms with E-state index in [9.17, 15) is 4.79 Å². The molecule has 1 aliphatic heterocycles. The Morgan fingerprint density at radius 2 is 1.71 bits per heavy atom. The van der Waals surface area contributed by atoms with E-state index in [2.05, 4.69) is 27.8 Å². The molecule has 1 radical (unpaired) electrons. The minimum absolute atomic E-state index is 0.251. The summed E-state index contributed by atoms with van der Waals surface area (Å²) in [5.74, 6) is 1.47. The van der Waals surface area contributed by atoms with Crippen molar-refractivity contribution < 1.29 is 9.53 Å². The Morgan fingerprint density at radius 1 is 0.971 bits per heavy atom. The Morgan fingerprint density at radius 3 is 2.43 bits per heavy atom. The summed E-state index contributed by atoms with van der Waals surface area (Å²) in [4.78, 5) is 20.4. The van der Waals surface area contributed by atoms with Gasteiger partial charge in [-0.3, -0.25) is 4.79 Å². The van der Waals surface area contributed by atoms with Crippen LogP contribution >= 0.6 is 0 Å². The first-order valence-corrected chi connectivity index (χ1v) is 11.1. The summed E-state index contributed by atoms with van der Waals surface area (Å²) in [6, 6.07) is 25.3. The molecule has 0 atom stereocenters. The van der Waals surface area contributed by atoms with E-state index < -0.39 is 0 Å². The number of aromatic nitrogens is 1. The number of hydrogen-bond donors (Lipinski definition) is 2. The number of rotatable bonds is 6. The number of nitrogens with zero attached hydrogens (tertiary/aromatic N) is 2. The molecule has 169 valence electrons. The predicted molar refractivity (Wildman–Crippen MR) is 141 cm³/mol. The van der Waals surface area contributed by atoms with Crippen LogP contribution in [0.3, 0.4) is 0 Å². The molecular formula is C28H22BN4O2. The number of nitrogens with two attached hydrogens (primary N) is 1. The van der Waals surface area contributed by atoms with Gasteiger partial charge in [-0.15, -0.1) is 0 Å². The highest BCUT2D eigenvalue weighted by Gasteiger charge is 2.23. The number of anilines is 1. The lowest BCUT2D eigenvalue weighted by molar-refractivity contribution is -0.111. The summed E-state index contributed by atoms with van der Waals surface area (Å²) in [5, 5.41) is 2.77. The van der Waals surface area contributed by atoms with Gasteiger partial charge in [0.25, 0.3) is 0 Å². The fourth-order valence-electron chi connectivity index (χ4n) is 4.06. The van der Waals surface area contributed by atoms with E-state index in [1.165, 1.54) is 6.08 Å². The number of carbonyl (C=O) groups excluding carboxylic acids is 1. The zero-order chi connectivity index (χ0) is 24.4. The molecule has 3 aromatic carbocycles. The Hall–Kier alpha value is -4.65. The van der Waals surface area contributed by atoms with Crippen LogP contribution in [-0.4, -0.2) is 24.1 Å². The molecule has 1 aliphatic rings. The lowest BCUT2D eigenvalue weighted by atomic mass is 9.78. The van der Waals surface area contributed by atoms with Crippen LogP contribution < -0.4 is 21.3 Å². The number of aryl methyl sites for hydroxylation is 1. The molecule has 0 saturated carbocycles. The van der Waals surface area contributed by atoms with Crippen LogP contribution in [0.15, 0.2) is 96.4 Å². The van der Waals surface area contributed by atoms with E-state index in [0.29, 0.717) is 23.2 Å². The van der Waals surface area contributed by atoms with Gasteiger partial charge in [0.05, 0.1) is 0 Å². The van der Waals surface area contributed by atoms with Crippen molar-refractivity contribution in [1.29, 1.82) is 0 Å². The van der Waals surface area contributed by atoms with Gasteiger partial charge in [-0.2, -0.15) is 0 Å². The normalized spacial score (nSPS) is 11.7.